The lowest BCUT2D eigenvalue weighted by Gasteiger charge is -1.96. The summed E-state index contributed by atoms with van der Waals surface area (Å²) in [5, 5.41) is 1.83. The van der Waals surface area contributed by atoms with Gasteiger partial charge in [-0.25, -0.2) is 9.00 Å². The summed E-state index contributed by atoms with van der Waals surface area (Å²) >= 11 is 5.09. The Morgan fingerprint density at radius 1 is 1.50 bits per heavy atom. The van der Waals surface area contributed by atoms with E-state index in [0.717, 1.165) is 0 Å². The van der Waals surface area contributed by atoms with Gasteiger partial charge in [0, 0.05) is 12.5 Å². The van der Waals surface area contributed by atoms with Crippen molar-refractivity contribution in [1.82, 2.24) is 5.32 Å². The van der Waals surface area contributed by atoms with Gasteiger partial charge < -0.3 is 0 Å². The number of urea groups is 1. The number of alkyl halides is 1. The first-order valence-corrected chi connectivity index (χ1v) is 5.78. The zero-order valence-corrected chi connectivity index (χ0v) is 8.24. The summed E-state index contributed by atoms with van der Waals surface area (Å²) in [6, 6.07) is -0.921. The van der Waals surface area contributed by atoms with Crippen LogP contribution >= 0.6 is 11.6 Å². The molecule has 12 heavy (non-hydrogen) atoms. The van der Waals surface area contributed by atoms with Gasteiger partial charge in [0.25, 0.3) is 0 Å². The molecular formula is C5H9ClN2O3S. The fourth-order valence-corrected chi connectivity index (χ4v) is 0.887. The van der Waals surface area contributed by atoms with Crippen LogP contribution in [0.25, 0.3) is 0 Å². The van der Waals surface area contributed by atoms with Crippen LogP contribution < -0.4 is 5.32 Å². The number of hydrogen-bond acceptors (Lipinski definition) is 3. The number of amides is 3. The molecule has 7 heteroatoms. The summed E-state index contributed by atoms with van der Waals surface area (Å²) in [5.74, 6) is -0.982. The minimum atomic E-state index is -2.51. The zero-order chi connectivity index (χ0) is 9.78. The Morgan fingerprint density at radius 3 is 2.33 bits per heavy atom. The van der Waals surface area contributed by atoms with Gasteiger partial charge in [-0.3, -0.25) is 10.1 Å². The molecule has 5 nitrogen and oxygen atoms in total. The molecule has 0 saturated heterocycles. The maximum Gasteiger partial charge on any atom is 0.355 e. The Balaban J connectivity index is 4.28. The molecule has 0 spiro atoms. The van der Waals surface area contributed by atoms with Crippen molar-refractivity contribution in [2.24, 2.45) is 4.36 Å². The lowest BCUT2D eigenvalue weighted by Crippen LogP contribution is -2.29. The standard InChI is InChI=1S/C5H9ClN2O3S/c1-12(2,11)8-5(10)7-4(9)3-6/h3H2,1-2H3,(H,7,9,10). The molecule has 0 aliphatic heterocycles. The normalized spacial score (nSPS) is 10.6. The van der Waals surface area contributed by atoms with Gasteiger partial charge in [0.05, 0.1) is 9.73 Å². The molecule has 70 valence electrons. The minimum Gasteiger partial charge on any atom is -0.275 e. The van der Waals surface area contributed by atoms with Gasteiger partial charge >= 0.3 is 6.03 Å². The van der Waals surface area contributed by atoms with Crippen LogP contribution in [0, 0.1) is 0 Å². The topological polar surface area (TPSA) is 75.6 Å². The number of carbonyl (C=O) groups is 2. The maximum absolute atomic E-state index is 10.9. The van der Waals surface area contributed by atoms with Crippen LogP contribution in [0.3, 0.4) is 0 Å². The number of imide groups is 1. The third-order valence-electron chi connectivity index (χ3n) is 0.670. The molecule has 0 bridgehead atoms. The highest BCUT2D eigenvalue weighted by Gasteiger charge is 2.05. The van der Waals surface area contributed by atoms with Crippen LogP contribution in [0.2, 0.25) is 0 Å². The van der Waals surface area contributed by atoms with Gasteiger partial charge in [0.1, 0.15) is 5.88 Å². The molecular weight excluding hydrogens is 204 g/mol. The number of carbonyl (C=O) groups excluding carboxylic acids is 2. The van der Waals surface area contributed by atoms with Crippen molar-refractivity contribution in [2.45, 2.75) is 0 Å². The van der Waals surface area contributed by atoms with Gasteiger partial charge in [-0.05, 0) is 0 Å². The van der Waals surface area contributed by atoms with E-state index in [4.69, 9.17) is 11.6 Å². The fraction of sp³-hybridized carbons (Fsp3) is 0.600. The highest BCUT2D eigenvalue weighted by Crippen LogP contribution is 1.85. The molecule has 0 rings (SSSR count). The van der Waals surface area contributed by atoms with Crippen molar-refractivity contribution in [3.8, 4) is 0 Å². The molecule has 0 aliphatic rings. The third kappa shape index (κ3) is 6.11. The van der Waals surface area contributed by atoms with Gasteiger partial charge in [-0.2, -0.15) is 0 Å². The Morgan fingerprint density at radius 2 is 2.00 bits per heavy atom. The van der Waals surface area contributed by atoms with E-state index in [1.807, 2.05) is 5.32 Å². The monoisotopic (exact) mass is 212 g/mol. The summed E-state index contributed by atoms with van der Waals surface area (Å²) in [5.41, 5.74) is 0. The lowest BCUT2D eigenvalue weighted by atomic mass is 10.7. The van der Waals surface area contributed by atoms with Crippen LogP contribution in [0.4, 0.5) is 4.79 Å². The van der Waals surface area contributed by atoms with Crippen LogP contribution in [-0.2, 0) is 14.5 Å². The minimum absolute atomic E-state index is 0.324. The van der Waals surface area contributed by atoms with Gasteiger partial charge in [-0.1, -0.05) is 0 Å². The number of nitrogens with one attached hydrogen (secondary N) is 1. The van der Waals surface area contributed by atoms with E-state index in [1.54, 1.807) is 0 Å². The van der Waals surface area contributed by atoms with Crippen molar-refractivity contribution in [3.05, 3.63) is 0 Å². The fourth-order valence-electron chi connectivity index (χ4n) is 0.375. The molecule has 0 heterocycles. The largest absolute Gasteiger partial charge is 0.355 e. The van der Waals surface area contributed by atoms with Crippen LogP contribution in [0.1, 0.15) is 0 Å². The first kappa shape index (κ1) is 11.4. The number of nitrogens with zero attached hydrogens (tertiary/aromatic N) is 1. The Hall–Kier alpha value is -0.620. The van der Waals surface area contributed by atoms with Crippen molar-refractivity contribution in [2.75, 3.05) is 18.4 Å². The second-order valence-electron chi connectivity index (χ2n) is 2.26. The van der Waals surface area contributed by atoms with E-state index in [9.17, 15) is 13.8 Å². The molecule has 3 amide bonds. The predicted molar refractivity (Wildman–Crippen MR) is 46.7 cm³/mol. The number of rotatable bonds is 1. The van der Waals surface area contributed by atoms with Gasteiger partial charge in [-0.15, -0.1) is 16.0 Å². The number of halogens is 1. The van der Waals surface area contributed by atoms with Crippen molar-refractivity contribution in [3.63, 3.8) is 0 Å². The van der Waals surface area contributed by atoms with Crippen LogP contribution in [0.15, 0.2) is 4.36 Å². The molecule has 0 radical (unpaired) electrons. The second-order valence-corrected chi connectivity index (χ2v) is 5.07. The predicted octanol–water partition coefficient (Wildman–Crippen LogP) is 0.189. The molecule has 0 fully saturated rings. The average Bonchev–Trinajstić information content (AvgIpc) is 1.82. The van der Waals surface area contributed by atoms with E-state index < -0.39 is 21.7 Å². The molecule has 0 unspecified atom stereocenters. The Kier molecular flexibility index (Phi) is 4.19. The smallest absolute Gasteiger partial charge is 0.275 e. The van der Waals surface area contributed by atoms with Crippen molar-refractivity contribution in [1.29, 1.82) is 0 Å². The molecule has 0 atom stereocenters. The highest BCUT2D eigenvalue weighted by atomic mass is 35.5. The lowest BCUT2D eigenvalue weighted by molar-refractivity contribution is -0.117. The van der Waals surface area contributed by atoms with E-state index in [-0.39, 0.29) is 5.88 Å². The van der Waals surface area contributed by atoms with Crippen LogP contribution in [-0.4, -0.2) is 34.5 Å². The molecule has 0 saturated carbocycles. The van der Waals surface area contributed by atoms with Crippen LogP contribution in [0.5, 0.6) is 0 Å². The average molecular weight is 213 g/mol. The first-order chi connectivity index (χ1) is 5.35. The molecule has 0 aromatic rings. The first-order valence-electron chi connectivity index (χ1n) is 2.92. The Bertz CT molecular complexity index is 298. The summed E-state index contributed by atoms with van der Waals surface area (Å²) in [6.07, 6.45) is 2.58. The van der Waals surface area contributed by atoms with Crippen molar-refractivity contribution >= 4 is 33.3 Å². The molecule has 0 aromatic carbocycles. The number of hydrogen-bond donors (Lipinski definition) is 1. The summed E-state index contributed by atoms with van der Waals surface area (Å²) in [7, 11) is -2.51. The van der Waals surface area contributed by atoms with E-state index in [2.05, 4.69) is 4.36 Å². The molecule has 0 aromatic heterocycles. The maximum atomic E-state index is 10.9. The van der Waals surface area contributed by atoms with Crippen molar-refractivity contribution < 1.29 is 13.8 Å². The second kappa shape index (κ2) is 4.42. The highest BCUT2D eigenvalue weighted by molar-refractivity contribution is 7.92. The van der Waals surface area contributed by atoms with Gasteiger partial charge in [0.2, 0.25) is 5.91 Å². The van der Waals surface area contributed by atoms with E-state index in [1.165, 1.54) is 12.5 Å². The Labute approximate surface area is 75.7 Å². The zero-order valence-electron chi connectivity index (χ0n) is 6.67. The molecule has 1 N–H and O–H groups in total. The van der Waals surface area contributed by atoms with E-state index >= 15 is 0 Å². The van der Waals surface area contributed by atoms with Gasteiger partial charge in [0.15, 0.2) is 0 Å². The molecule has 0 aliphatic carbocycles. The van der Waals surface area contributed by atoms with E-state index in [0.29, 0.717) is 0 Å². The quantitative estimate of drug-likeness (QED) is 0.631. The third-order valence-corrected chi connectivity index (χ3v) is 1.52. The SMILES string of the molecule is CS(C)(=O)=NC(=O)NC(=O)CCl. The summed E-state index contributed by atoms with van der Waals surface area (Å²) in [6.45, 7) is 0. The summed E-state index contributed by atoms with van der Waals surface area (Å²) in [4.78, 5) is 21.2. The summed E-state index contributed by atoms with van der Waals surface area (Å²) < 4.78 is 14.1.